The number of cyclic esters (lactones) is 1. The molecule has 0 aliphatic carbocycles. The summed E-state index contributed by atoms with van der Waals surface area (Å²) < 4.78 is 5.24. The minimum atomic E-state index is -0.641. The first-order valence-corrected chi connectivity index (χ1v) is 9.76. The smallest absolute Gasteiger partial charge is 0.345 e. The average molecular weight is 338 g/mol. The minimum Gasteiger partial charge on any atom is -0.511 e. The van der Waals surface area contributed by atoms with Crippen LogP contribution in [-0.2, 0) is 14.3 Å². The molecule has 0 bridgehead atoms. The molecule has 0 aromatic carbocycles. The lowest BCUT2D eigenvalue weighted by atomic mass is 9.96. The van der Waals surface area contributed by atoms with Crippen molar-refractivity contribution in [2.24, 2.45) is 0 Å². The van der Waals surface area contributed by atoms with Gasteiger partial charge in [0.15, 0.2) is 5.78 Å². The van der Waals surface area contributed by atoms with Crippen LogP contribution in [0.4, 0.5) is 0 Å². The van der Waals surface area contributed by atoms with E-state index in [2.05, 4.69) is 6.92 Å². The standard InChI is InChI=1S/C20H34O4/c1-3-5-6-7-8-9-10-11-12-14-17(21)19-18(22)15-16(13-4-2)24-20(19)23/h16,21H,3-15H2,1-2H3/b19-17-/t16-/m1/s1. The number of aliphatic hydroxyl groups excluding tert-OH is 1. The van der Waals surface area contributed by atoms with E-state index < -0.39 is 5.97 Å². The fourth-order valence-electron chi connectivity index (χ4n) is 3.16. The Labute approximate surface area is 146 Å². The number of allylic oxidation sites excluding steroid dienone is 1. The highest BCUT2D eigenvalue weighted by Gasteiger charge is 2.34. The van der Waals surface area contributed by atoms with Crippen molar-refractivity contribution in [2.45, 2.75) is 103 Å². The molecule has 1 heterocycles. The second-order valence-corrected chi connectivity index (χ2v) is 6.84. The molecule has 0 saturated carbocycles. The summed E-state index contributed by atoms with van der Waals surface area (Å²) in [4.78, 5) is 24.0. The van der Waals surface area contributed by atoms with Crippen molar-refractivity contribution in [1.29, 1.82) is 0 Å². The summed E-state index contributed by atoms with van der Waals surface area (Å²) >= 11 is 0. The third-order valence-electron chi connectivity index (χ3n) is 4.59. The van der Waals surface area contributed by atoms with Gasteiger partial charge in [0, 0.05) is 12.8 Å². The minimum absolute atomic E-state index is 0.0807. The van der Waals surface area contributed by atoms with E-state index in [-0.39, 0.29) is 29.6 Å². The Morgan fingerprint density at radius 3 is 2.08 bits per heavy atom. The van der Waals surface area contributed by atoms with Crippen LogP contribution < -0.4 is 0 Å². The van der Waals surface area contributed by atoms with E-state index >= 15 is 0 Å². The third-order valence-corrected chi connectivity index (χ3v) is 4.59. The number of hydrogen-bond acceptors (Lipinski definition) is 4. The summed E-state index contributed by atoms with van der Waals surface area (Å²) in [5, 5.41) is 10.1. The lowest BCUT2D eigenvalue weighted by Crippen LogP contribution is -2.33. The summed E-state index contributed by atoms with van der Waals surface area (Å²) in [5.74, 6) is -0.987. The summed E-state index contributed by atoms with van der Waals surface area (Å²) in [7, 11) is 0. The van der Waals surface area contributed by atoms with E-state index in [0.717, 1.165) is 25.7 Å². The van der Waals surface area contributed by atoms with Crippen molar-refractivity contribution >= 4 is 11.8 Å². The lowest BCUT2D eigenvalue weighted by molar-refractivity contribution is -0.151. The first kappa shape index (κ1) is 20.7. The molecule has 4 heteroatoms. The second kappa shape index (κ2) is 12.1. The second-order valence-electron chi connectivity index (χ2n) is 6.84. The van der Waals surface area contributed by atoms with E-state index in [9.17, 15) is 14.7 Å². The molecule has 0 unspecified atom stereocenters. The largest absolute Gasteiger partial charge is 0.511 e. The fourth-order valence-corrected chi connectivity index (χ4v) is 3.16. The molecule has 138 valence electrons. The van der Waals surface area contributed by atoms with Crippen molar-refractivity contribution in [2.75, 3.05) is 0 Å². The number of Topliss-reactive ketones (excluding diaryl/α,β-unsaturated/α-hetero) is 1. The van der Waals surface area contributed by atoms with Gasteiger partial charge in [0.2, 0.25) is 0 Å². The van der Waals surface area contributed by atoms with Gasteiger partial charge in [-0.25, -0.2) is 4.79 Å². The zero-order chi connectivity index (χ0) is 17.8. The van der Waals surface area contributed by atoms with Gasteiger partial charge in [-0.15, -0.1) is 0 Å². The summed E-state index contributed by atoms with van der Waals surface area (Å²) in [6.07, 6.45) is 12.5. The SMILES string of the molecule is CCCCCCCCCCC/C(O)=C1\C(=O)C[C@@H](CCC)OC1=O. The van der Waals surface area contributed by atoms with Gasteiger partial charge in [0.25, 0.3) is 0 Å². The summed E-state index contributed by atoms with van der Waals surface area (Å²) in [6, 6.07) is 0. The molecule has 24 heavy (non-hydrogen) atoms. The number of carbonyl (C=O) groups excluding carboxylic acids is 2. The van der Waals surface area contributed by atoms with Crippen LogP contribution in [-0.4, -0.2) is 23.0 Å². The molecule has 1 fully saturated rings. The quantitative estimate of drug-likeness (QED) is 0.170. The highest BCUT2D eigenvalue weighted by atomic mass is 16.5. The van der Waals surface area contributed by atoms with E-state index in [1.165, 1.54) is 38.5 Å². The molecule has 0 radical (unpaired) electrons. The Morgan fingerprint density at radius 1 is 0.958 bits per heavy atom. The summed E-state index contributed by atoms with van der Waals surface area (Å²) in [6.45, 7) is 4.21. The molecule has 0 amide bonds. The zero-order valence-corrected chi connectivity index (χ0v) is 15.4. The topological polar surface area (TPSA) is 63.6 Å². The van der Waals surface area contributed by atoms with Crippen molar-refractivity contribution in [3.8, 4) is 0 Å². The van der Waals surface area contributed by atoms with Crippen LogP contribution in [0, 0.1) is 0 Å². The lowest BCUT2D eigenvalue weighted by Gasteiger charge is -2.23. The Kier molecular flexibility index (Phi) is 10.4. The van der Waals surface area contributed by atoms with Crippen LogP contribution in [0.15, 0.2) is 11.3 Å². The molecule has 1 N–H and O–H groups in total. The van der Waals surface area contributed by atoms with Gasteiger partial charge in [-0.1, -0.05) is 71.6 Å². The Hall–Kier alpha value is -1.32. The van der Waals surface area contributed by atoms with Crippen molar-refractivity contribution in [1.82, 2.24) is 0 Å². The van der Waals surface area contributed by atoms with Gasteiger partial charge >= 0.3 is 5.97 Å². The fraction of sp³-hybridized carbons (Fsp3) is 0.800. The molecule has 0 aromatic heterocycles. The maximum atomic E-state index is 12.1. The molecule has 1 saturated heterocycles. The Balaban J connectivity index is 2.26. The monoisotopic (exact) mass is 338 g/mol. The van der Waals surface area contributed by atoms with Crippen LogP contribution in [0.5, 0.6) is 0 Å². The van der Waals surface area contributed by atoms with Crippen molar-refractivity contribution < 1.29 is 19.4 Å². The maximum Gasteiger partial charge on any atom is 0.345 e. The number of carbonyl (C=O) groups is 2. The van der Waals surface area contributed by atoms with Gasteiger partial charge in [0.1, 0.15) is 17.4 Å². The maximum absolute atomic E-state index is 12.1. The predicted octanol–water partition coefficient (Wildman–Crippen LogP) is 5.40. The third kappa shape index (κ3) is 7.50. The van der Waals surface area contributed by atoms with Crippen LogP contribution in [0.3, 0.4) is 0 Å². The van der Waals surface area contributed by atoms with Crippen LogP contribution in [0.2, 0.25) is 0 Å². The molecule has 1 atom stereocenters. The normalized spacial score (nSPS) is 20.2. The number of aliphatic hydroxyl groups is 1. The Morgan fingerprint density at radius 2 is 1.54 bits per heavy atom. The van der Waals surface area contributed by atoms with Crippen LogP contribution >= 0.6 is 0 Å². The van der Waals surface area contributed by atoms with Crippen molar-refractivity contribution in [3.05, 3.63) is 11.3 Å². The van der Waals surface area contributed by atoms with E-state index in [1.807, 2.05) is 6.92 Å². The number of ether oxygens (including phenoxy) is 1. The first-order valence-electron chi connectivity index (χ1n) is 9.76. The van der Waals surface area contributed by atoms with Crippen molar-refractivity contribution in [3.63, 3.8) is 0 Å². The zero-order valence-electron chi connectivity index (χ0n) is 15.4. The van der Waals surface area contributed by atoms with Gasteiger partial charge in [0.05, 0.1) is 0 Å². The van der Waals surface area contributed by atoms with Crippen LogP contribution in [0.1, 0.15) is 97.3 Å². The number of unbranched alkanes of at least 4 members (excludes halogenated alkanes) is 8. The van der Waals surface area contributed by atoms with Gasteiger partial charge in [-0.3, -0.25) is 4.79 Å². The van der Waals surface area contributed by atoms with E-state index in [4.69, 9.17) is 4.74 Å². The first-order chi connectivity index (χ1) is 11.6. The number of ketones is 1. The molecule has 4 nitrogen and oxygen atoms in total. The van der Waals surface area contributed by atoms with Gasteiger partial charge in [-0.2, -0.15) is 0 Å². The molecule has 1 aliphatic heterocycles. The molecule has 0 spiro atoms. The number of hydrogen-bond donors (Lipinski definition) is 1. The highest BCUT2D eigenvalue weighted by molar-refractivity contribution is 6.19. The van der Waals surface area contributed by atoms with E-state index in [1.54, 1.807) is 0 Å². The highest BCUT2D eigenvalue weighted by Crippen LogP contribution is 2.23. The van der Waals surface area contributed by atoms with Crippen LogP contribution in [0.25, 0.3) is 0 Å². The van der Waals surface area contributed by atoms with Gasteiger partial charge in [-0.05, 0) is 12.8 Å². The van der Waals surface area contributed by atoms with Gasteiger partial charge < -0.3 is 9.84 Å². The molecule has 0 aromatic rings. The van der Waals surface area contributed by atoms with E-state index in [0.29, 0.717) is 12.8 Å². The Bertz CT molecular complexity index is 405. The molecular formula is C20H34O4. The molecule has 1 aliphatic rings. The summed E-state index contributed by atoms with van der Waals surface area (Å²) in [5.41, 5.74) is -0.109. The molecule has 1 rings (SSSR count). The number of esters is 1. The average Bonchev–Trinajstić information content (AvgIpc) is 2.53. The molecular weight excluding hydrogens is 304 g/mol. The predicted molar refractivity (Wildman–Crippen MR) is 95.9 cm³/mol. The number of rotatable bonds is 12.